The quantitative estimate of drug-likeness (QED) is 0.769. The van der Waals surface area contributed by atoms with Crippen molar-refractivity contribution in [3.05, 3.63) is 59.9 Å². The number of hydrogen-bond donors (Lipinski definition) is 1. The third kappa shape index (κ3) is 3.29. The highest BCUT2D eigenvalue weighted by Crippen LogP contribution is 2.25. The first-order valence-corrected chi connectivity index (χ1v) is 9.18. The fourth-order valence-electron chi connectivity index (χ4n) is 3.57. The number of nitrogens with zero attached hydrogens (tertiary/aromatic N) is 2. The third-order valence-electron chi connectivity index (χ3n) is 4.94. The molecule has 26 heavy (non-hydrogen) atoms. The smallest absolute Gasteiger partial charge is 0.223 e. The van der Waals surface area contributed by atoms with Gasteiger partial charge in [0.25, 0.3) is 0 Å². The number of benzene rings is 2. The van der Waals surface area contributed by atoms with Gasteiger partial charge in [0.05, 0.1) is 17.6 Å². The van der Waals surface area contributed by atoms with Crippen LogP contribution in [0.5, 0.6) is 5.75 Å². The molecule has 5 heteroatoms. The molecule has 0 aliphatic carbocycles. The van der Waals surface area contributed by atoms with Gasteiger partial charge < -0.3 is 14.6 Å². The van der Waals surface area contributed by atoms with Crippen LogP contribution >= 0.6 is 0 Å². The van der Waals surface area contributed by atoms with Crippen LogP contribution in [-0.2, 0) is 24.3 Å². The highest BCUT2D eigenvalue weighted by atomic mass is 16.5. The average Bonchev–Trinajstić information content (AvgIpc) is 3.05. The molecule has 1 N–H and O–H groups in total. The molecular formula is C21H23N3O2. The predicted molar refractivity (Wildman–Crippen MR) is 101 cm³/mol. The number of carbonyl (C=O) groups excluding carboxylic acids is 1. The molecule has 1 aliphatic heterocycles. The van der Waals surface area contributed by atoms with Gasteiger partial charge in [-0.15, -0.1) is 0 Å². The zero-order valence-corrected chi connectivity index (χ0v) is 14.9. The number of ether oxygens (including phenoxy) is 1. The molecule has 5 nitrogen and oxygen atoms in total. The predicted octanol–water partition coefficient (Wildman–Crippen LogP) is 3.31. The van der Waals surface area contributed by atoms with E-state index in [0.717, 1.165) is 41.1 Å². The van der Waals surface area contributed by atoms with Crippen molar-refractivity contribution in [2.75, 3.05) is 6.61 Å². The van der Waals surface area contributed by atoms with E-state index in [1.807, 2.05) is 49.4 Å². The van der Waals surface area contributed by atoms with E-state index in [2.05, 4.69) is 16.0 Å². The first-order valence-electron chi connectivity index (χ1n) is 9.18. The first-order chi connectivity index (χ1) is 12.7. The van der Waals surface area contributed by atoms with Gasteiger partial charge in [0, 0.05) is 25.4 Å². The molecule has 4 rings (SSSR count). The van der Waals surface area contributed by atoms with Crippen molar-refractivity contribution in [1.29, 1.82) is 0 Å². The number of hydrogen-bond acceptors (Lipinski definition) is 3. The lowest BCUT2D eigenvalue weighted by atomic mass is 9.96. The third-order valence-corrected chi connectivity index (χ3v) is 4.94. The Kier molecular flexibility index (Phi) is 4.61. The highest BCUT2D eigenvalue weighted by molar-refractivity contribution is 5.80. The van der Waals surface area contributed by atoms with Crippen molar-refractivity contribution in [2.45, 2.75) is 32.9 Å². The lowest BCUT2D eigenvalue weighted by Gasteiger charge is -2.23. The molecule has 0 unspecified atom stereocenters. The molecule has 0 saturated carbocycles. The van der Waals surface area contributed by atoms with Gasteiger partial charge in [0.2, 0.25) is 5.91 Å². The first kappa shape index (κ1) is 16.6. The van der Waals surface area contributed by atoms with Crippen LogP contribution in [0.1, 0.15) is 24.7 Å². The molecule has 1 aliphatic rings. The molecule has 2 aromatic carbocycles. The van der Waals surface area contributed by atoms with Crippen molar-refractivity contribution in [3.63, 3.8) is 0 Å². The van der Waals surface area contributed by atoms with Gasteiger partial charge in [0.1, 0.15) is 11.6 Å². The van der Waals surface area contributed by atoms with Gasteiger partial charge in [0.15, 0.2) is 0 Å². The Morgan fingerprint density at radius 1 is 1.23 bits per heavy atom. The number of imidazole rings is 1. The minimum atomic E-state index is -0.0120. The van der Waals surface area contributed by atoms with E-state index >= 15 is 0 Å². The molecule has 2 heterocycles. The molecule has 0 saturated heterocycles. The van der Waals surface area contributed by atoms with Crippen LogP contribution in [-0.4, -0.2) is 22.1 Å². The molecular weight excluding hydrogens is 326 g/mol. The van der Waals surface area contributed by atoms with Gasteiger partial charge in [-0.25, -0.2) is 4.98 Å². The van der Waals surface area contributed by atoms with Crippen LogP contribution in [0.25, 0.3) is 11.0 Å². The lowest BCUT2D eigenvalue weighted by molar-refractivity contribution is -0.125. The van der Waals surface area contributed by atoms with Gasteiger partial charge in [-0.1, -0.05) is 24.3 Å². The Morgan fingerprint density at radius 2 is 2.04 bits per heavy atom. The van der Waals surface area contributed by atoms with Crippen LogP contribution in [0.4, 0.5) is 0 Å². The zero-order valence-electron chi connectivity index (χ0n) is 14.9. The van der Waals surface area contributed by atoms with Crippen LogP contribution in [0.3, 0.4) is 0 Å². The molecule has 0 fully saturated rings. The number of aromatic nitrogens is 2. The van der Waals surface area contributed by atoms with E-state index < -0.39 is 0 Å². The van der Waals surface area contributed by atoms with Crippen LogP contribution in [0.2, 0.25) is 0 Å². The van der Waals surface area contributed by atoms with Gasteiger partial charge in [-0.05, 0) is 43.2 Å². The number of amides is 1. The van der Waals surface area contributed by atoms with Crippen molar-refractivity contribution in [3.8, 4) is 5.75 Å². The van der Waals surface area contributed by atoms with Crippen molar-refractivity contribution in [2.24, 2.45) is 5.92 Å². The number of aryl methyl sites for hydroxylation is 1. The van der Waals surface area contributed by atoms with E-state index in [-0.39, 0.29) is 11.8 Å². The van der Waals surface area contributed by atoms with E-state index in [1.165, 1.54) is 0 Å². The average molecular weight is 349 g/mol. The summed E-state index contributed by atoms with van der Waals surface area (Å²) >= 11 is 0. The maximum absolute atomic E-state index is 12.6. The number of rotatable bonds is 5. The summed E-state index contributed by atoms with van der Waals surface area (Å²) in [6.07, 6.45) is 1.55. The molecule has 1 aromatic heterocycles. The number of fused-ring (bicyclic) bond motifs is 3. The molecule has 0 radical (unpaired) electrons. The maximum atomic E-state index is 12.6. The SMILES string of the molecule is CCOc1ccc(CNC(=O)[C@@H]2CCn3c(nc4ccccc43)C2)cc1. The van der Waals surface area contributed by atoms with Crippen LogP contribution in [0, 0.1) is 5.92 Å². The van der Waals surface area contributed by atoms with Gasteiger partial charge in [-0.2, -0.15) is 0 Å². The normalized spacial score (nSPS) is 16.3. The summed E-state index contributed by atoms with van der Waals surface area (Å²) in [4.78, 5) is 17.3. The minimum absolute atomic E-state index is 0.0120. The standard InChI is InChI=1S/C21H23N3O2/c1-2-26-17-9-7-15(8-10-17)14-22-21(25)16-11-12-24-19-6-4-3-5-18(19)23-20(24)13-16/h3-10,16H,2,11-14H2,1H3,(H,22,25)/t16-/m1/s1. The Hall–Kier alpha value is -2.82. The van der Waals surface area contributed by atoms with Crippen LogP contribution in [0.15, 0.2) is 48.5 Å². The molecule has 3 aromatic rings. The Balaban J connectivity index is 1.38. The number of nitrogens with one attached hydrogen (secondary N) is 1. The number of carbonyl (C=O) groups is 1. The van der Waals surface area contributed by atoms with Crippen LogP contribution < -0.4 is 10.1 Å². The largest absolute Gasteiger partial charge is 0.494 e. The summed E-state index contributed by atoms with van der Waals surface area (Å²) in [7, 11) is 0. The second-order valence-corrected chi connectivity index (χ2v) is 6.65. The summed E-state index contributed by atoms with van der Waals surface area (Å²) in [6.45, 7) is 4.00. The second kappa shape index (κ2) is 7.20. The molecule has 1 atom stereocenters. The minimum Gasteiger partial charge on any atom is -0.494 e. The molecule has 1 amide bonds. The summed E-state index contributed by atoms with van der Waals surface area (Å²) in [5.74, 6) is 1.96. The summed E-state index contributed by atoms with van der Waals surface area (Å²) in [6, 6.07) is 16.0. The second-order valence-electron chi connectivity index (χ2n) is 6.65. The maximum Gasteiger partial charge on any atom is 0.223 e. The van der Waals surface area contributed by atoms with E-state index in [9.17, 15) is 4.79 Å². The summed E-state index contributed by atoms with van der Waals surface area (Å²) in [5, 5.41) is 3.07. The highest BCUT2D eigenvalue weighted by Gasteiger charge is 2.26. The molecule has 0 bridgehead atoms. The Morgan fingerprint density at radius 3 is 2.85 bits per heavy atom. The van der Waals surface area contributed by atoms with E-state index in [4.69, 9.17) is 9.72 Å². The monoisotopic (exact) mass is 349 g/mol. The Labute approximate surface area is 153 Å². The lowest BCUT2D eigenvalue weighted by Crippen LogP contribution is -2.35. The van der Waals surface area contributed by atoms with Gasteiger partial charge in [-0.3, -0.25) is 4.79 Å². The zero-order chi connectivity index (χ0) is 17.9. The molecule has 0 spiro atoms. The van der Waals surface area contributed by atoms with Crippen molar-refractivity contribution < 1.29 is 9.53 Å². The van der Waals surface area contributed by atoms with Crippen molar-refractivity contribution in [1.82, 2.24) is 14.9 Å². The van der Waals surface area contributed by atoms with E-state index in [0.29, 0.717) is 19.6 Å². The van der Waals surface area contributed by atoms with E-state index in [1.54, 1.807) is 0 Å². The summed E-state index contributed by atoms with van der Waals surface area (Å²) in [5.41, 5.74) is 3.25. The van der Waals surface area contributed by atoms with Crippen molar-refractivity contribution >= 4 is 16.9 Å². The Bertz CT molecular complexity index is 915. The fraction of sp³-hybridized carbons (Fsp3) is 0.333. The summed E-state index contributed by atoms with van der Waals surface area (Å²) < 4.78 is 7.68. The topological polar surface area (TPSA) is 56.1 Å². The molecule has 134 valence electrons. The van der Waals surface area contributed by atoms with Gasteiger partial charge >= 0.3 is 0 Å². The fourth-order valence-corrected chi connectivity index (χ4v) is 3.57. The number of para-hydroxylation sites is 2.